The Labute approximate surface area is 139 Å². The Kier molecular flexibility index (Phi) is 4.98. The Bertz CT molecular complexity index is 598. The average Bonchev–Trinajstić information content (AvgIpc) is 3.26. The molecule has 2 heterocycles. The van der Waals surface area contributed by atoms with E-state index in [4.69, 9.17) is 10.3 Å². The van der Waals surface area contributed by atoms with Crippen molar-refractivity contribution in [2.24, 2.45) is 11.7 Å². The molecule has 3 rings (SSSR count). The smallest absolute Gasteiger partial charge is 0.266 e. The van der Waals surface area contributed by atoms with Gasteiger partial charge in [0.15, 0.2) is 0 Å². The fourth-order valence-electron chi connectivity index (χ4n) is 3.30. The number of primary amides is 1. The molecule has 3 atom stereocenters. The standard InChI is InChI=1S/C15H23N5O4/c16-12(22)8-11(17-13(23)9-3-4-10(21)7-9)14-18-15(19-24-14)20-5-1-2-6-20/h9-11,21H,1-8H2,(H2,16,22)(H,17,23)/t9-,10+,11-/m0/s1. The summed E-state index contributed by atoms with van der Waals surface area (Å²) in [5.74, 6) is -0.396. The molecule has 0 radical (unpaired) electrons. The van der Waals surface area contributed by atoms with Crippen LogP contribution in [0.3, 0.4) is 0 Å². The second-order valence-corrected chi connectivity index (χ2v) is 6.52. The maximum atomic E-state index is 12.3. The molecule has 1 aliphatic carbocycles. The Morgan fingerprint density at radius 3 is 2.75 bits per heavy atom. The van der Waals surface area contributed by atoms with E-state index in [2.05, 4.69) is 15.5 Å². The van der Waals surface area contributed by atoms with Crippen molar-refractivity contribution in [2.75, 3.05) is 18.0 Å². The molecule has 9 heteroatoms. The third-order valence-electron chi connectivity index (χ3n) is 4.62. The lowest BCUT2D eigenvalue weighted by atomic mass is 10.1. The van der Waals surface area contributed by atoms with Gasteiger partial charge in [0.05, 0.1) is 12.5 Å². The Morgan fingerprint density at radius 2 is 2.12 bits per heavy atom. The summed E-state index contributed by atoms with van der Waals surface area (Å²) in [5, 5.41) is 16.3. The first-order chi connectivity index (χ1) is 11.5. The highest BCUT2D eigenvalue weighted by atomic mass is 16.5. The van der Waals surface area contributed by atoms with Gasteiger partial charge in [-0.15, -0.1) is 0 Å². The maximum absolute atomic E-state index is 12.3. The molecule has 1 saturated heterocycles. The molecule has 0 unspecified atom stereocenters. The minimum atomic E-state index is -0.739. The average molecular weight is 337 g/mol. The van der Waals surface area contributed by atoms with Crippen molar-refractivity contribution in [1.82, 2.24) is 15.5 Å². The first-order valence-corrected chi connectivity index (χ1v) is 8.38. The van der Waals surface area contributed by atoms with E-state index in [-0.39, 0.29) is 24.1 Å². The van der Waals surface area contributed by atoms with Crippen LogP contribution in [0, 0.1) is 5.92 Å². The third-order valence-corrected chi connectivity index (χ3v) is 4.62. The zero-order chi connectivity index (χ0) is 17.1. The van der Waals surface area contributed by atoms with E-state index in [1.165, 1.54) is 0 Å². The Balaban J connectivity index is 1.69. The number of aliphatic hydroxyl groups excluding tert-OH is 1. The second kappa shape index (κ2) is 7.16. The van der Waals surface area contributed by atoms with Gasteiger partial charge < -0.3 is 25.6 Å². The minimum absolute atomic E-state index is 0.108. The van der Waals surface area contributed by atoms with E-state index in [1.807, 2.05) is 4.90 Å². The molecule has 132 valence electrons. The van der Waals surface area contributed by atoms with Gasteiger partial charge in [0.25, 0.3) is 11.8 Å². The lowest BCUT2D eigenvalue weighted by molar-refractivity contribution is -0.126. The first kappa shape index (κ1) is 16.7. The number of nitrogens with one attached hydrogen (secondary N) is 1. The predicted molar refractivity (Wildman–Crippen MR) is 83.8 cm³/mol. The summed E-state index contributed by atoms with van der Waals surface area (Å²) in [7, 11) is 0. The highest BCUT2D eigenvalue weighted by molar-refractivity contribution is 5.81. The Hall–Kier alpha value is -2.16. The van der Waals surface area contributed by atoms with Crippen LogP contribution in [0.15, 0.2) is 4.52 Å². The van der Waals surface area contributed by atoms with Gasteiger partial charge >= 0.3 is 0 Å². The quantitative estimate of drug-likeness (QED) is 0.657. The van der Waals surface area contributed by atoms with E-state index in [0.717, 1.165) is 25.9 Å². The van der Waals surface area contributed by atoms with Gasteiger partial charge in [0.1, 0.15) is 6.04 Å². The molecule has 0 aromatic carbocycles. The summed E-state index contributed by atoms with van der Waals surface area (Å²) in [5.41, 5.74) is 5.28. The molecule has 1 aromatic rings. The second-order valence-electron chi connectivity index (χ2n) is 6.52. The van der Waals surface area contributed by atoms with Crippen molar-refractivity contribution in [3.8, 4) is 0 Å². The maximum Gasteiger partial charge on any atom is 0.266 e. The highest BCUT2D eigenvalue weighted by Gasteiger charge is 2.32. The lowest BCUT2D eigenvalue weighted by Gasteiger charge is -2.16. The van der Waals surface area contributed by atoms with Crippen molar-refractivity contribution in [3.05, 3.63) is 5.89 Å². The van der Waals surface area contributed by atoms with Crippen molar-refractivity contribution < 1.29 is 19.2 Å². The monoisotopic (exact) mass is 337 g/mol. The normalized spacial score (nSPS) is 25.0. The molecule has 0 bridgehead atoms. The molecule has 1 aromatic heterocycles. The number of carbonyl (C=O) groups is 2. The number of nitrogens with two attached hydrogens (primary N) is 1. The predicted octanol–water partition coefficient (Wildman–Crippen LogP) is -0.137. The largest absolute Gasteiger partial charge is 0.393 e. The molecule has 0 spiro atoms. The SMILES string of the molecule is NC(=O)C[C@H](NC(=O)[C@H]1CC[C@@H](O)C1)c1nc(N2CCCC2)no1. The molecule has 9 nitrogen and oxygen atoms in total. The van der Waals surface area contributed by atoms with Crippen molar-refractivity contribution in [1.29, 1.82) is 0 Å². The molecule has 1 aliphatic heterocycles. The van der Waals surface area contributed by atoms with Crippen LogP contribution in [0.2, 0.25) is 0 Å². The fourth-order valence-corrected chi connectivity index (χ4v) is 3.30. The van der Waals surface area contributed by atoms with Gasteiger partial charge in [-0.2, -0.15) is 4.98 Å². The Morgan fingerprint density at radius 1 is 1.38 bits per heavy atom. The van der Waals surface area contributed by atoms with Gasteiger partial charge in [-0.05, 0) is 37.3 Å². The van der Waals surface area contributed by atoms with Crippen LogP contribution in [0.4, 0.5) is 5.95 Å². The fraction of sp³-hybridized carbons (Fsp3) is 0.733. The van der Waals surface area contributed by atoms with Gasteiger partial charge in [0, 0.05) is 19.0 Å². The molecular formula is C15H23N5O4. The van der Waals surface area contributed by atoms with Crippen LogP contribution in [-0.4, -0.2) is 46.3 Å². The number of hydrogen-bond acceptors (Lipinski definition) is 7. The molecule has 2 amide bonds. The van der Waals surface area contributed by atoms with Crippen molar-refractivity contribution >= 4 is 17.8 Å². The summed E-state index contributed by atoms with van der Waals surface area (Å²) in [6.07, 6.45) is 3.27. The van der Waals surface area contributed by atoms with E-state index >= 15 is 0 Å². The number of nitrogens with zero attached hydrogens (tertiary/aromatic N) is 3. The number of hydrogen-bond donors (Lipinski definition) is 3. The van der Waals surface area contributed by atoms with Gasteiger partial charge in [0.2, 0.25) is 11.8 Å². The number of amides is 2. The van der Waals surface area contributed by atoms with Crippen LogP contribution in [0.5, 0.6) is 0 Å². The van der Waals surface area contributed by atoms with Gasteiger partial charge in [-0.25, -0.2) is 0 Å². The van der Waals surface area contributed by atoms with Crippen molar-refractivity contribution in [2.45, 2.75) is 50.7 Å². The summed E-state index contributed by atoms with van der Waals surface area (Å²) in [6, 6.07) is -0.739. The number of anilines is 1. The zero-order valence-electron chi connectivity index (χ0n) is 13.5. The van der Waals surface area contributed by atoms with Crippen LogP contribution < -0.4 is 16.0 Å². The molecule has 4 N–H and O–H groups in total. The lowest BCUT2D eigenvalue weighted by Crippen LogP contribution is -2.35. The minimum Gasteiger partial charge on any atom is -0.393 e. The molecule has 2 aliphatic rings. The summed E-state index contributed by atoms with van der Waals surface area (Å²) in [6.45, 7) is 1.73. The number of aliphatic hydroxyl groups is 1. The van der Waals surface area contributed by atoms with Crippen molar-refractivity contribution in [3.63, 3.8) is 0 Å². The molecular weight excluding hydrogens is 314 g/mol. The molecule has 2 fully saturated rings. The van der Waals surface area contributed by atoms with Crippen LogP contribution in [0.25, 0.3) is 0 Å². The van der Waals surface area contributed by atoms with Gasteiger partial charge in [-0.3, -0.25) is 9.59 Å². The van der Waals surface area contributed by atoms with Crippen LogP contribution in [-0.2, 0) is 9.59 Å². The highest BCUT2D eigenvalue weighted by Crippen LogP contribution is 2.27. The third kappa shape index (κ3) is 3.84. The van der Waals surface area contributed by atoms with E-state index < -0.39 is 18.1 Å². The van der Waals surface area contributed by atoms with E-state index in [0.29, 0.717) is 25.2 Å². The van der Waals surface area contributed by atoms with E-state index in [9.17, 15) is 14.7 Å². The zero-order valence-corrected chi connectivity index (χ0v) is 13.5. The van der Waals surface area contributed by atoms with E-state index in [1.54, 1.807) is 0 Å². The number of carbonyl (C=O) groups excluding carboxylic acids is 2. The van der Waals surface area contributed by atoms with Crippen LogP contribution >= 0.6 is 0 Å². The number of aromatic nitrogens is 2. The summed E-state index contributed by atoms with van der Waals surface area (Å²) >= 11 is 0. The molecule has 24 heavy (non-hydrogen) atoms. The van der Waals surface area contributed by atoms with Gasteiger partial charge in [-0.1, -0.05) is 0 Å². The molecule has 1 saturated carbocycles. The summed E-state index contributed by atoms with van der Waals surface area (Å²) in [4.78, 5) is 30.0. The topological polar surface area (TPSA) is 135 Å². The first-order valence-electron chi connectivity index (χ1n) is 8.38. The number of rotatable bonds is 6. The summed E-state index contributed by atoms with van der Waals surface area (Å²) < 4.78 is 5.25. The van der Waals surface area contributed by atoms with Crippen LogP contribution in [0.1, 0.15) is 50.5 Å².